The number of aromatic amines is 1. The Morgan fingerprint density at radius 1 is 1.34 bits per heavy atom. The number of nitrogens with one attached hydrogen (secondary N) is 2. The van der Waals surface area contributed by atoms with Crippen LogP contribution in [-0.4, -0.2) is 52.3 Å². The van der Waals surface area contributed by atoms with E-state index in [0.717, 1.165) is 22.2 Å². The van der Waals surface area contributed by atoms with E-state index in [1.165, 1.54) is 12.0 Å². The fourth-order valence-corrected chi connectivity index (χ4v) is 4.23. The fraction of sp³-hybridized carbons (Fsp3) is 0.364. The Labute approximate surface area is 169 Å². The number of benzene rings is 1. The van der Waals surface area contributed by atoms with Crippen LogP contribution in [0.25, 0.3) is 17.0 Å². The molecule has 1 aromatic heterocycles. The molecule has 7 heteroatoms. The van der Waals surface area contributed by atoms with Gasteiger partial charge in [0.05, 0.1) is 0 Å². The van der Waals surface area contributed by atoms with Crippen LogP contribution in [0.2, 0.25) is 0 Å². The van der Waals surface area contributed by atoms with Crippen molar-refractivity contribution in [2.75, 3.05) is 13.7 Å². The second-order valence-electron chi connectivity index (χ2n) is 8.06. The molecule has 2 aliphatic rings. The SMILES string of the molecule is C=CC(C)(C)c1[nH]c2ccccc2c1/C=C1\NC(=O)[C@@]2(OC)[C@H](O)CCN2C1=O. The van der Waals surface area contributed by atoms with Gasteiger partial charge in [0.15, 0.2) is 0 Å². The maximum atomic E-state index is 13.2. The zero-order valence-corrected chi connectivity index (χ0v) is 16.8. The summed E-state index contributed by atoms with van der Waals surface area (Å²) in [6.07, 6.45) is 2.75. The van der Waals surface area contributed by atoms with E-state index in [1.807, 2.05) is 44.2 Å². The molecule has 29 heavy (non-hydrogen) atoms. The van der Waals surface area contributed by atoms with Crippen LogP contribution in [-0.2, 0) is 19.7 Å². The van der Waals surface area contributed by atoms with Crippen molar-refractivity contribution in [2.45, 2.75) is 37.5 Å². The van der Waals surface area contributed by atoms with Gasteiger partial charge in [-0.2, -0.15) is 0 Å². The van der Waals surface area contributed by atoms with Crippen molar-refractivity contribution in [3.63, 3.8) is 0 Å². The first-order valence-corrected chi connectivity index (χ1v) is 9.59. The van der Waals surface area contributed by atoms with E-state index in [9.17, 15) is 14.7 Å². The molecule has 2 aromatic rings. The van der Waals surface area contributed by atoms with Crippen molar-refractivity contribution in [3.8, 4) is 0 Å². The molecule has 0 radical (unpaired) electrons. The molecule has 4 rings (SSSR count). The summed E-state index contributed by atoms with van der Waals surface area (Å²) in [4.78, 5) is 30.8. The lowest BCUT2D eigenvalue weighted by molar-refractivity contribution is -0.193. The minimum Gasteiger partial charge on any atom is -0.387 e. The summed E-state index contributed by atoms with van der Waals surface area (Å²) < 4.78 is 5.34. The molecule has 2 amide bonds. The maximum Gasteiger partial charge on any atom is 0.280 e. The Bertz CT molecular complexity index is 1050. The third-order valence-electron chi connectivity index (χ3n) is 6.03. The molecule has 152 valence electrons. The molecule has 1 aromatic carbocycles. The van der Waals surface area contributed by atoms with Gasteiger partial charge in [0.25, 0.3) is 17.5 Å². The number of aliphatic hydroxyl groups excluding tert-OH is 1. The van der Waals surface area contributed by atoms with Crippen molar-refractivity contribution < 1.29 is 19.4 Å². The number of H-pyrrole nitrogens is 1. The lowest BCUT2D eigenvalue weighted by Gasteiger charge is -2.41. The van der Waals surface area contributed by atoms with Crippen molar-refractivity contribution >= 4 is 28.8 Å². The van der Waals surface area contributed by atoms with Gasteiger partial charge in [-0.1, -0.05) is 38.1 Å². The molecule has 2 aliphatic heterocycles. The average Bonchev–Trinajstić information content (AvgIpc) is 3.25. The Kier molecular flexibility index (Phi) is 4.40. The molecule has 0 aliphatic carbocycles. The molecule has 2 saturated heterocycles. The summed E-state index contributed by atoms with van der Waals surface area (Å²) >= 11 is 0. The lowest BCUT2D eigenvalue weighted by Crippen LogP contribution is -2.68. The number of methoxy groups -OCH3 is 1. The van der Waals surface area contributed by atoms with E-state index < -0.39 is 17.7 Å². The molecule has 3 heterocycles. The zero-order chi connectivity index (χ0) is 21.0. The predicted octanol–water partition coefficient (Wildman–Crippen LogP) is 2.04. The third-order valence-corrected chi connectivity index (χ3v) is 6.03. The summed E-state index contributed by atoms with van der Waals surface area (Å²) in [7, 11) is 1.33. The minimum absolute atomic E-state index is 0.155. The fourth-order valence-electron chi connectivity index (χ4n) is 4.23. The molecule has 0 unspecified atom stereocenters. The number of carbonyl (C=O) groups is 2. The summed E-state index contributed by atoms with van der Waals surface area (Å²) in [6.45, 7) is 8.24. The van der Waals surface area contributed by atoms with E-state index in [1.54, 1.807) is 6.08 Å². The smallest absolute Gasteiger partial charge is 0.280 e. The number of nitrogens with zero attached hydrogens (tertiary/aromatic N) is 1. The van der Waals surface area contributed by atoms with Crippen molar-refractivity contribution in [3.05, 3.63) is 53.9 Å². The number of allylic oxidation sites excluding steroid dienone is 1. The number of piperazine rings is 1. The highest BCUT2D eigenvalue weighted by Crippen LogP contribution is 2.37. The number of aromatic nitrogens is 1. The standard InChI is InChI=1S/C22H25N3O4/c1-5-21(2,3)18-14(13-8-6-7-9-15(13)23-18)12-16-19(27)25-11-10-17(26)22(25,29-4)20(28)24-16/h5-9,12,17,23,26H,1,10-11H2,2-4H3,(H,24,28)/b16-12-/t17-,22+/m1/s1. The van der Waals surface area contributed by atoms with Gasteiger partial charge >= 0.3 is 0 Å². The number of hydrogen-bond acceptors (Lipinski definition) is 4. The summed E-state index contributed by atoms with van der Waals surface area (Å²) in [5.41, 5.74) is 0.752. The van der Waals surface area contributed by atoms with Crippen LogP contribution in [0.5, 0.6) is 0 Å². The van der Waals surface area contributed by atoms with E-state index in [-0.39, 0.29) is 30.0 Å². The Morgan fingerprint density at radius 3 is 2.76 bits per heavy atom. The van der Waals surface area contributed by atoms with Gasteiger partial charge in [0, 0.05) is 41.2 Å². The van der Waals surface area contributed by atoms with Crippen LogP contribution < -0.4 is 5.32 Å². The second kappa shape index (κ2) is 6.57. The third kappa shape index (κ3) is 2.65. The minimum atomic E-state index is -1.67. The van der Waals surface area contributed by atoms with E-state index in [0.29, 0.717) is 0 Å². The normalized spacial score (nSPS) is 26.1. The highest BCUT2D eigenvalue weighted by Gasteiger charge is 2.60. The van der Waals surface area contributed by atoms with Gasteiger partial charge < -0.3 is 20.1 Å². The van der Waals surface area contributed by atoms with Gasteiger partial charge in [-0.05, 0) is 18.6 Å². The Balaban J connectivity index is 1.87. The van der Waals surface area contributed by atoms with Crippen LogP contribution in [0.1, 0.15) is 31.5 Å². The highest BCUT2D eigenvalue weighted by atomic mass is 16.5. The first-order chi connectivity index (χ1) is 13.8. The van der Waals surface area contributed by atoms with Gasteiger partial charge in [-0.15, -0.1) is 6.58 Å². The molecule has 7 nitrogen and oxygen atoms in total. The molecule has 3 N–H and O–H groups in total. The second-order valence-corrected chi connectivity index (χ2v) is 8.06. The summed E-state index contributed by atoms with van der Waals surface area (Å²) in [5.74, 6) is -0.920. The number of amides is 2. The van der Waals surface area contributed by atoms with Gasteiger partial charge in [0.1, 0.15) is 11.8 Å². The van der Waals surface area contributed by atoms with Crippen LogP contribution >= 0.6 is 0 Å². The zero-order valence-electron chi connectivity index (χ0n) is 16.8. The number of aliphatic hydroxyl groups is 1. The molecular weight excluding hydrogens is 370 g/mol. The first-order valence-electron chi connectivity index (χ1n) is 9.59. The Morgan fingerprint density at radius 2 is 2.07 bits per heavy atom. The molecule has 2 fully saturated rings. The predicted molar refractivity (Wildman–Crippen MR) is 110 cm³/mol. The number of hydrogen-bond donors (Lipinski definition) is 3. The van der Waals surface area contributed by atoms with Gasteiger partial charge in [-0.3, -0.25) is 14.5 Å². The largest absolute Gasteiger partial charge is 0.387 e. The number of para-hydroxylation sites is 1. The van der Waals surface area contributed by atoms with Gasteiger partial charge in [0.2, 0.25) is 0 Å². The number of rotatable bonds is 4. The summed E-state index contributed by atoms with van der Waals surface area (Å²) in [6, 6.07) is 7.80. The number of fused-ring (bicyclic) bond motifs is 2. The number of ether oxygens (including phenoxy) is 1. The lowest BCUT2D eigenvalue weighted by atomic mass is 9.86. The first kappa shape index (κ1) is 19.4. The Hall–Kier alpha value is -2.90. The highest BCUT2D eigenvalue weighted by molar-refractivity contribution is 6.10. The van der Waals surface area contributed by atoms with Crippen molar-refractivity contribution in [1.29, 1.82) is 0 Å². The quantitative estimate of drug-likeness (QED) is 0.545. The van der Waals surface area contributed by atoms with Crippen LogP contribution in [0, 0.1) is 0 Å². The molecule has 0 saturated carbocycles. The van der Waals surface area contributed by atoms with Crippen molar-refractivity contribution in [2.24, 2.45) is 0 Å². The molecular formula is C22H25N3O4. The van der Waals surface area contributed by atoms with Crippen molar-refractivity contribution in [1.82, 2.24) is 15.2 Å². The molecule has 0 bridgehead atoms. The average molecular weight is 395 g/mol. The van der Waals surface area contributed by atoms with Crippen LogP contribution in [0.3, 0.4) is 0 Å². The van der Waals surface area contributed by atoms with E-state index >= 15 is 0 Å². The van der Waals surface area contributed by atoms with E-state index in [4.69, 9.17) is 4.74 Å². The van der Waals surface area contributed by atoms with Crippen LogP contribution in [0.4, 0.5) is 0 Å². The topological polar surface area (TPSA) is 94.7 Å². The maximum absolute atomic E-state index is 13.2. The number of carbonyl (C=O) groups excluding carboxylic acids is 2. The van der Waals surface area contributed by atoms with E-state index in [2.05, 4.69) is 16.9 Å². The molecule has 0 spiro atoms. The summed E-state index contributed by atoms with van der Waals surface area (Å²) in [5, 5.41) is 13.9. The monoisotopic (exact) mass is 395 g/mol. The van der Waals surface area contributed by atoms with Gasteiger partial charge in [-0.25, -0.2) is 0 Å². The molecule has 2 atom stereocenters. The van der Waals surface area contributed by atoms with Crippen LogP contribution in [0.15, 0.2) is 42.6 Å².